The summed E-state index contributed by atoms with van der Waals surface area (Å²) in [5.41, 5.74) is 1.73. The predicted octanol–water partition coefficient (Wildman–Crippen LogP) is 2.33. The average Bonchev–Trinajstić information content (AvgIpc) is 2.55. The van der Waals surface area contributed by atoms with Crippen LogP contribution in [0.1, 0.15) is 19.4 Å². The van der Waals surface area contributed by atoms with E-state index < -0.39 is 0 Å². The lowest BCUT2D eigenvalue weighted by Crippen LogP contribution is -2.26. The lowest BCUT2D eigenvalue weighted by Gasteiger charge is -2.18. The lowest BCUT2D eigenvalue weighted by atomic mass is 10.2. The first-order valence-electron chi connectivity index (χ1n) is 7.89. The second-order valence-corrected chi connectivity index (χ2v) is 5.38. The minimum Gasteiger partial charge on any atom is -0.325 e. The summed E-state index contributed by atoms with van der Waals surface area (Å²) in [5.74, 6) is -0.210. The number of pyridine rings is 1. The number of hydrogen-bond donors (Lipinski definition) is 1. The molecule has 2 aromatic rings. The van der Waals surface area contributed by atoms with E-state index in [1.807, 2.05) is 18.2 Å². The van der Waals surface area contributed by atoms with Crippen molar-refractivity contribution in [2.45, 2.75) is 26.9 Å². The maximum Gasteiger partial charge on any atom is 0.250 e. The van der Waals surface area contributed by atoms with Crippen molar-refractivity contribution in [3.05, 3.63) is 64.6 Å². The Morgan fingerprint density at radius 2 is 1.91 bits per heavy atom. The minimum absolute atomic E-state index is 0.0138. The highest BCUT2D eigenvalue weighted by atomic mass is 16.2. The SMILES string of the molecule is CCN(CC)Cc1cccc(NC(=O)Cn2ccccc2=O)c1. The molecule has 122 valence electrons. The Balaban J connectivity index is 2.01. The van der Waals surface area contributed by atoms with E-state index in [0.717, 1.165) is 30.9 Å². The van der Waals surface area contributed by atoms with Gasteiger partial charge in [-0.2, -0.15) is 0 Å². The standard InChI is InChI=1S/C18H23N3O2/c1-3-20(4-2)13-15-8-7-9-16(12-15)19-17(22)14-21-11-6-5-10-18(21)23/h5-12H,3-4,13-14H2,1-2H3,(H,19,22). The molecule has 0 fully saturated rings. The molecule has 23 heavy (non-hydrogen) atoms. The highest BCUT2D eigenvalue weighted by Gasteiger charge is 2.06. The van der Waals surface area contributed by atoms with Crippen LogP contribution in [0.15, 0.2) is 53.5 Å². The van der Waals surface area contributed by atoms with Crippen LogP contribution >= 0.6 is 0 Å². The molecule has 1 aromatic carbocycles. The third-order valence-corrected chi connectivity index (χ3v) is 3.72. The van der Waals surface area contributed by atoms with Gasteiger partial charge in [0.1, 0.15) is 6.54 Å². The number of rotatable bonds is 7. The number of anilines is 1. The van der Waals surface area contributed by atoms with Gasteiger partial charge >= 0.3 is 0 Å². The fraction of sp³-hybridized carbons (Fsp3) is 0.333. The van der Waals surface area contributed by atoms with Crippen molar-refractivity contribution in [2.75, 3.05) is 18.4 Å². The molecule has 2 rings (SSSR count). The molecule has 0 unspecified atom stereocenters. The van der Waals surface area contributed by atoms with Crippen molar-refractivity contribution in [1.29, 1.82) is 0 Å². The van der Waals surface area contributed by atoms with Crippen LogP contribution in [0.5, 0.6) is 0 Å². The third kappa shape index (κ3) is 5.07. The Hall–Kier alpha value is -2.40. The van der Waals surface area contributed by atoms with E-state index in [9.17, 15) is 9.59 Å². The number of nitrogens with zero attached hydrogens (tertiary/aromatic N) is 2. The van der Waals surface area contributed by atoms with Gasteiger partial charge in [-0.05, 0) is 36.9 Å². The Morgan fingerprint density at radius 1 is 1.13 bits per heavy atom. The summed E-state index contributed by atoms with van der Waals surface area (Å²) in [6, 6.07) is 12.7. The molecule has 0 spiro atoms. The van der Waals surface area contributed by atoms with Crippen molar-refractivity contribution < 1.29 is 4.79 Å². The summed E-state index contributed by atoms with van der Waals surface area (Å²) < 4.78 is 1.38. The van der Waals surface area contributed by atoms with E-state index in [-0.39, 0.29) is 18.0 Å². The van der Waals surface area contributed by atoms with E-state index in [1.165, 1.54) is 10.6 Å². The normalized spacial score (nSPS) is 10.7. The van der Waals surface area contributed by atoms with Gasteiger partial charge in [0.2, 0.25) is 5.91 Å². The molecule has 0 radical (unpaired) electrons. The molecule has 0 aliphatic heterocycles. The van der Waals surface area contributed by atoms with E-state index in [0.29, 0.717) is 0 Å². The molecule has 5 heteroatoms. The van der Waals surface area contributed by atoms with Crippen LogP contribution in [0.4, 0.5) is 5.69 Å². The van der Waals surface area contributed by atoms with Crippen LogP contribution in [0.25, 0.3) is 0 Å². The summed E-state index contributed by atoms with van der Waals surface area (Å²) in [6.45, 7) is 7.11. The van der Waals surface area contributed by atoms with E-state index in [2.05, 4.69) is 30.1 Å². The summed E-state index contributed by atoms with van der Waals surface area (Å²) in [4.78, 5) is 26.0. The van der Waals surface area contributed by atoms with Crippen LogP contribution < -0.4 is 10.9 Å². The van der Waals surface area contributed by atoms with Gasteiger partial charge in [0.25, 0.3) is 5.56 Å². The van der Waals surface area contributed by atoms with Crippen LogP contribution in [0, 0.1) is 0 Å². The van der Waals surface area contributed by atoms with Crippen molar-refractivity contribution in [3.63, 3.8) is 0 Å². The summed E-state index contributed by atoms with van der Waals surface area (Å²) in [7, 11) is 0. The van der Waals surface area contributed by atoms with Crippen molar-refractivity contribution >= 4 is 11.6 Å². The summed E-state index contributed by atoms with van der Waals surface area (Å²) in [5, 5.41) is 2.85. The molecule has 1 N–H and O–H groups in total. The second kappa shape index (κ2) is 8.29. The van der Waals surface area contributed by atoms with Crippen LogP contribution in [-0.4, -0.2) is 28.5 Å². The molecule has 1 heterocycles. The number of hydrogen-bond acceptors (Lipinski definition) is 3. The molecule has 0 aliphatic rings. The molecule has 0 atom stereocenters. The Labute approximate surface area is 136 Å². The first-order chi connectivity index (χ1) is 11.1. The molecule has 0 bridgehead atoms. The zero-order valence-corrected chi connectivity index (χ0v) is 13.7. The molecule has 1 aromatic heterocycles. The van der Waals surface area contributed by atoms with E-state index in [4.69, 9.17) is 0 Å². The first-order valence-corrected chi connectivity index (χ1v) is 7.89. The maximum atomic E-state index is 12.1. The maximum absolute atomic E-state index is 12.1. The molecule has 5 nitrogen and oxygen atoms in total. The molecular weight excluding hydrogens is 290 g/mol. The number of benzene rings is 1. The van der Waals surface area contributed by atoms with Gasteiger partial charge in [0.15, 0.2) is 0 Å². The molecular formula is C18H23N3O2. The molecule has 0 saturated carbocycles. The summed E-state index contributed by atoms with van der Waals surface area (Å²) >= 11 is 0. The van der Waals surface area contributed by atoms with E-state index in [1.54, 1.807) is 18.3 Å². The fourth-order valence-electron chi connectivity index (χ4n) is 2.40. The van der Waals surface area contributed by atoms with Gasteiger partial charge in [0, 0.05) is 24.5 Å². The van der Waals surface area contributed by atoms with Gasteiger partial charge in [-0.1, -0.05) is 32.0 Å². The highest BCUT2D eigenvalue weighted by molar-refractivity contribution is 5.90. The number of carbonyl (C=O) groups excluding carboxylic acids is 1. The highest BCUT2D eigenvalue weighted by Crippen LogP contribution is 2.12. The van der Waals surface area contributed by atoms with Crippen LogP contribution in [0.3, 0.4) is 0 Å². The summed E-state index contributed by atoms with van der Waals surface area (Å²) in [6.07, 6.45) is 1.61. The van der Waals surface area contributed by atoms with Gasteiger partial charge in [0.05, 0.1) is 0 Å². The van der Waals surface area contributed by atoms with Gasteiger partial charge in [-0.25, -0.2) is 0 Å². The number of carbonyl (C=O) groups is 1. The van der Waals surface area contributed by atoms with Crippen molar-refractivity contribution in [3.8, 4) is 0 Å². The zero-order chi connectivity index (χ0) is 16.7. The monoisotopic (exact) mass is 313 g/mol. The zero-order valence-electron chi connectivity index (χ0n) is 13.7. The molecule has 0 saturated heterocycles. The van der Waals surface area contributed by atoms with Crippen LogP contribution in [-0.2, 0) is 17.9 Å². The average molecular weight is 313 g/mol. The number of nitrogens with one attached hydrogen (secondary N) is 1. The van der Waals surface area contributed by atoms with Crippen molar-refractivity contribution in [1.82, 2.24) is 9.47 Å². The topological polar surface area (TPSA) is 54.3 Å². The smallest absolute Gasteiger partial charge is 0.250 e. The number of aromatic nitrogens is 1. The molecule has 1 amide bonds. The fourth-order valence-corrected chi connectivity index (χ4v) is 2.40. The minimum atomic E-state index is -0.210. The lowest BCUT2D eigenvalue weighted by molar-refractivity contribution is -0.116. The van der Waals surface area contributed by atoms with E-state index >= 15 is 0 Å². The first kappa shape index (κ1) is 17.0. The quantitative estimate of drug-likeness (QED) is 0.853. The van der Waals surface area contributed by atoms with Crippen molar-refractivity contribution in [2.24, 2.45) is 0 Å². The predicted molar refractivity (Wildman–Crippen MR) is 92.4 cm³/mol. The van der Waals surface area contributed by atoms with Crippen LogP contribution in [0.2, 0.25) is 0 Å². The van der Waals surface area contributed by atoms with Gasteiger partial charge < -0.3 is 9.88 Å². The number of amides is 1. The Bertz CT molecular complexity index is 705. The third-order valence-electron chi connectivity index (χ3n) is 3.72. The Kier molecular flexibility index (Phi) is 6.11. The largest absolute Gasteiger partial charge is 0.325 e. The van der Waals surface area contributed by atoms with Gasteiger partial charge in [-0.15, -0.1) is 0 Å². The molecule has 0 aliphatic carbocycles. The Morgan fingerprint density at radius 3 is 2.61 bits per heavy atom. The van der Waals surface area contributed by atoms with Gasteiger partial charge in [-0.3, -0.25) is 14.5 Å². The second-order valence-electron chi connectivity index (χ2n) is 5.38.